The monoisotopic (exact) mass is 448 g/mol. The molecule has 0 aromatic heterocycles. The molecule has 0 N–H and O–H groups in total. The minimum atomic E-state index is -2.50. The van der Waals surface area contributed by atoms with Crippen molar-refractivity contribution in [1.29, 1.82) is 0 Å². The van der Waals surface area contributed by atoms with Crippen molar-refractivity contribution in [3.8, 4) is 0 Å². The van der Waals surface area contributed by atoms with Gasteiger partial charge in [-0.1, -0.05) is 0 Å². The quantitative estimate of drug-likeness (QED) is 0.628. The average Bonchev–Trinajstić information content (AvgIpc) is 3.02. The van der Waals surface area contributed by atoms with Crippen molar-refractivity contribution in [2.24, 2.45) is 0 Å². The molecule has 0 bridgehead atoms. The Morgan fingerprint density at radius 2 is 1.00 bits per heavy atom. The van der Waals surface area contributed by atoms with Crippen molar-refractivity contribution in [1.82, 2.24) is 0 Å². The number of allylic oxidation sites excluding steroid dienone is 2. The van der Waals surface area contributed by atoms with Gasteiger partial charge in [-0.25, -0.2) is 0 Å². The fourth-order valence-corrected chi connectivity index (χ4v) is 17.3. The van der Waals surface area contributed by atoms with Crippen LogP contribution in [0.5, 0.6) is 0 Å². The Labute approximate surface area is 168 Å². The van der Waals surface area contributed by atoms with Gasteiger partial charge in [0.25, 0.3) is 0 Å². The number of hydrogen-bond donors (Lipinski definition) is 0. The fourth-order valence-electron chi connectivity index (χ4n) is 5.10. The summed E-state index contributed by atoms with van der Waals surface area (Å²) in [5, 5.41) is 0. The molecule has 0 aliphatic heterocycles. The van der Waals surface area contributed by atoms with E-state index in [2.05, 4.69) is 83.8 Å². The van der Waals surface area contributed by atoms with Gasteiger partial charge in [0, 0.05) is 0 Å². The second kappa shape index (κ2) is 7.55. The van der Waals surface area contributed by atoms with Crippen molar-refractivity contribution in [3.63, 3.8) is 0 Å². The maximum Gasteiger partial charge on any atom is -1.00 e. The third-order valence-electron chi connectivity index (χ3n) is 5.78. The number of rotatable bonds is 2. The molecule has 2 aromatic rings. The van der Waals surface area contributed by atoms with Crippen LogP contribution in [-0.2, 0) is 20.3 Å². The minimum Gasteiger partial charge on any atom is -1.00 e. The van der Waals surface area contributed by atoms with Gasteiger partial charge < -0.3 is 24.8 Å². The molecule has 4 rings (SSSR count). The largest absolute Gasteiger partial charge is 1.00 e. The molecule has 3 heteroatoms. The Morgan fingerprint density at radius 3 is 1.40 bits per heavy atom. The smallest absolute Gasteiger partial charge is 1.00 e. The van der Waals surface area contributed by atoms with Crippen LogP contribution in [0.25, 0.3) is 12.2 Å². The molecule has 0 nitrogen and oxygen atoms in total. The zero-order valence-corrected chi connectivity index (χ0v) is 19.2. The number of fused-ring (bicyclic) bond motifs is 2. The van der Waals surface area contributed by atoms with E-state index in [1.165, 1.54) is 11.1 Å². The second-order valence-electron chi connectivity index (χ2n) is 7.72. The zero-order valence-electron chi connectivity index (χ0n) is 15.2. The third kappa shape index (κ3) is 3.25. The number of halogens is 2. The summed E-state index contributed by atoms with van der Waals surface area (Å²) in [5.41, 5.74) is 9.25. The summed E-state index contributed by atoms with van der Waals surface area (Å²) in [6, 6.07) is 18.1. The van der Waals surface area contributed by atoms with E-state index in [-0.39, 0.29) is 24.8 Å². The number of benzene rings is 2. The normalized spacial score (nSPS) is 20.6. The van der Waals surface area contributed by atoms with Crippen LogP contribution >= 0.6 is 0 Å². The molecule has 0 radical (unpaired) electrons. The molecular weight excluding hydrogens is 426 g/mol. The van der Waals surface area contributed by atoms with Gasteiger partial charge in [-0.3, -0.25) is 0 Å². The molecule has 2 atom stereocenters. The Bertz CT molecular complexity index is 779. The summed E-state index contributed by atoms with van der Waals surface area (Å²) < 4.78 is 6.70. The Morgan fingerprint density at radius 1 is 0.640 bits per heavy atom. The molecule has 25 heavy (non-hydrogen) atoms. The van der Waals surface area contributed by atoms with E-state index in [1.54, 1.807) is 22.3 Å². The zero-order chi connectivity index (χ0) is 16.2. The van der Waals surface area contributed by atoms with Gasteiger partial charge in [-0.05, 0) is 0 Å². The Kier molecular flexibility index (Phi) is 6.25. The number of hydrogen-bond acceptors (Lipinski definition) is 0. The van der Waals surface area contributed by atoms with Crippen LogP contribution in [0.1, 0.15) is 43.4 Å². The van der Waals surface area contributed by atoms with Gasteiger partial charge in [0.05, 0.1) is 0 Å². The van der Waals surface area contributed by atoms with Crippen molar-refractivity contribution >= 4 is 12.2 Å². The second-order valence-corrected chi connectivity index (χ2v) is 19.5. The van der Waals surface area contributed by atoms with E-state index in [0.29, 0.717) is 7.25 Å². The first-order valence-electron chi connectivity index (χ1n) is 8.54. The molecule has 0 spiro atoms. The van der Waals surface area contributed by atoms with Gasteiger partial charge in [0.1, 0.15) is 0 Å². The molecule has 0 saturated carbocycles. The molecule has 2 aliphatic rings. The van der Waals surface area contributed by atoms with Crippen LogP contribution in [-0.4, -0.2) is 0 Å². The van der Waals surface area contributed by atoms with E-state index >= 15 is 0 Å². The topological polar surface area (TPSA) is 0 Å². The third-order valence-corrected chi connectivity index (χ3v) is 16.9. The predicted molar refractivity (Wildman–Crippen MR) is 97.4 cm³/mol. The van der Waals surface area contributed by atoms with E-state index in [1.807, 2.05) is 0 Å². The standard InChI is InChI=1S/2C10H9.2CH3.2ClH.Zr/c2*1-8-6-9-4-2-3-5-10(9)7-8;;;;;/h2*2-7H,1H3;2*1H3;2*1H;/p-2. The summed E-state index contributed by atoms with van der Waals surface area (Å²) in [7, 11) is 0. The van der Waals surface area contributed by atoms with Crippen molar-refractivity contribution in [3.05, 3.63) is 81.9 Å². The van der Waals surface area contributed by atoms with Gasteiger partial charge in [0.2, 0.25) is 0 Å². The van der Waals surface area contributed by atoms with Gasteiger partial charge in [-0.15, -0.1) is 0 Å². The van der Waals surface area contributed by atoms with Crippen LogP contribution in [0.3, 0.4) is 0 Å². The van der Waals surface area contributed by atoms with E-state index in [9.17, 15) is 0 Å². The van der Waals surface area contributed by atoms with Crippen LogP contribution in [0.15, 0.2) is 59.7 Å². The maximum atomic E-state index is 2.66. The molecule has 0 heterocycles. The van der Waals surface area contributed by atoms with Gasteiger partial charge in [-0.2, -0.15) is 0 Å². The van der Waals surface area contributed by atoms with Crippen LogP contribution in [0.4, 0.5) is 0 Å². The first-order valence-corrected chi connectivity index (χ1v) is 16.3. The summed E-state index contributed by atoms with van der Waals surface area (Å²) in [6.45, 7) is 4.70. The van der Waals surface area contributed by atoms with Crippen LogP contribution < -0.4 is 24.8 Å². The first-order chi connectivity index (χ1) is 11.0. The van der Waals surface area contributed by atoms with Crippen LogP contribution in [0, 0.1) is 0 Å². The summed E-state index contributed by atoms with van der Waals surface area (Å²) in [4.78, 5) is 0. The molecule has 132 valence electrons. The van der Waals surface area contributed by atoms with Crippen molar-refractivity contribution in [2.75, 3.05) is 0 Å². The van der Waals surface area contributed by atoms with Crippen molar-refractivity contribution in [2.45, 2.75) is 30.4 Å². The fraction of sp³-hybridized carbons (Fsp3) is 0.273. The molecular formula is C22H24Cl2Zr-2. The van der Waals surface area contributed by atoms with Gasteiger partial charge >= 0.3 is 145 Å². The van der Waals surface area contributed by atoms with Gasteiger partial charge in [0.15, 0.2) is 0 Å². The van der Waals surface area contributed by atoms with E-state index in [0.717, 1.165) is 0 Å². The molecule has 2 aromatic carbocycles. The minimum absolute atomic E-state index is 0. The Balaban J connectivity index is 0.00000113. The van der Waals surface area contributed by atoms with E-state index < -0.39 is 20.3 Å². The molecule has 2 unspecified atom stereocenters. The molecule has 0 amide bonds. The van der Waals surface area contributed by atoms with Crippen LogP contribution in [0.2, 0.25) is 9.26 Å². The predicted octanol–water partition coefficient (Wildman–Crippen LogP) is 0.561. The first kappa shape index (κ1) is 20.7. The molecule has 2 aliphatic carbocycles. The Hall–Kier alpha value is -0.617. The SMILES string of the molecule is CC1=Cc2ccccc2[CH]1[Zr]([CH3])([CH3])[CH]1C(C)=Cc2ccccc21.[Cl-].[Cl-]. The molecule has 0 fully saturated rings. The summed E-state index contributed by atoms with van der Waals surface area (Å²) in [5.74, 6) is 0. The van der Waals surface area contributed by atoms with Crippen molar-refractivity contribution < 1.29 is 45.1 Å². The van der Waals surface area contributed by atoms with E-state index in [4.69, 9.17) is 0 Å². The molecule has 0 saturated heterocycles. The summed E-state index contributed by atoms with van der Waals surface area (Å²) in [6.07, 6.45) is 4.86. The summed E-state index contributed by atoms with van der Waals surface area (Å²) >= 11 is -2.50. The maximum absolute atomic E-state index is 2.66. The average molecular weight is 451 g/mol.